The number of hydrogen-bond donors (Lipinski definition) is 0. The van der Waals surface area contributed by atoms with Crippen molar-refractivity contribution in [2.24, 2.45) is 4.99 Å². The van der Waals surface area contributed by atoms with Gasteiger partial charge in [0, 0.05) is 10.5 Å². The first kappa shape index (κ1) is 10.3. The fourth-order valence-corrected chi connectivity index (χ4v) is 2.98. The van der Waals surface area contributed by atoms with Gasteiger partial charge in [-0.25, -0.2) is 4.99 Å². The Morgan fingerprint density at radius 1 is 1.47 bits per heavy atom. The van der Waals surface area contributed by atoms with Crippen molar-refractivity contribution < 1.29 is 0 Å². The summed E-state index contributed by atoms with van der Waals surface area (Å²) in [6.45, 7) is 0. The van der Waals surface area contributed by atoms with Gasteiger partial charge in [-0.05, 0) is 28.5 Å². The number of aromatic nitrogens is 1. The van der Waals surface area contributed by atoms with Gasteiger partial charge in [-0.15, -0.1) is 0 Å². The van der Waals surface area contributed by atoms with Gasteiger partial charge in [0.15, 0.2) is 9.82 Å². The maximum Gasteiger partial charge on any atom is 0.179 e. The Balaban J connectivity index is 2.49. The summed E-state index contributed by atoms with van der Waals surface area (Å²) in [5.74, 6) is 0. The van der Waals surface area contributed by atoms with Crippen molar-refractivity contribution in [1.29, 1.82) is 5.26 Å². The lowest BCUT2D eigenvalue weighted by Crippen LogP contribution is -1.92. The van der Waals surface area contributed by atoms with Crippen LogP contribution < -0.4 is 4.67 Å². The number of hydrogen-bond acceptors (Lipinski definition) is 5. The molecule has 0 aliphatic heterocycles. The number of halogens is 1. The molecule has 0 aliphatic rings. The van der Waals surface area contributed by atoms with Crippen molar-refractivity contribution in [2.45, 2.75) is 0 Å². The Morgan fingerprint density at radius 3 is 3.00 bits per heavy atom. The molecule has 3 nitrogen and oxygen atoms in total. The molecule has 74 valence electrons. The van der Waals surface area contributed by atoms with Gasteiger partial charge in [-0.1, -0.05) is 17.7 Å². The standard InChI is InChI=1S/C9H4ClN3S2/c10-8-9(14-15-13-8)12-7-3-1-2-6(4-7)5-11/h1-4H. The van der Waals surface area contributed by atoms with Gasteiger partial charge in [0.25, 0.3) is 0 Å². The van der Waals surface area contributed by atoms with Crippen LogP contribution in [0.1, 0.15) is 5.56 Å². The Kier molecular flexibility index (Phi) is 3.11. The minimum Gasteiger partial charge on any atom is -0.234 e. The topological polar surface area (TPSA) is 49.0 Å². The van der Waals surface area contributed by atoms with E-state index < -0.39 is 0 Å². The molecule has 6 heteroatoms. The van der Waals surface area contributed by atoms with E-state index in [1.165, 1.54) is 20.9 Å². The van der Waals surface area contributed by atoms with E-state index in [0.717, 1.165) is 0 Å². The minimum absolute atomic E-state index is 0.410. The predicted molar refractivity (Wildman–Crippen MR) is 61.4 cm³/mol. The molecule has 1 aromatic heterocycles. The summed E-state index contributed by atoms with van der Waals surface area (Å²) in [7, 11) is 2.70. The molecule has 2 rings (SSSR count). The first-order valence-electron chi connectivity index (χ1n) is 3.96. The fourth-order valence-electron chi connectivity index (χ4n) is 0.987. The number of nitriles is 1. The highest BCUT2D eigenvalue weighted by molar-refractivity contribution is 7.66. The molecule has 15 heavy (non-hydrogen) atoms. The zero-order chi connectivity index (χ0) is 10.7. The van der Waals surface area contributed by atoms with Gasteiger partial charge in [0.1, 0.15) is 0 Å². The Morgan fingerprint density at radius 2 is 2.33 bits per heavy atom. The quantitative estimate of drug-likeness (QED) is 0.734. The summed E-state index contributed by atoms with van der Waals surface area (Å²) < 4.78 is 4.60. The first-order valence-corrected chi connectivity index (χ1v) is 6.44. The molecule has 0 N–H and O–H groups in total. The lowest BCUT2D eigenvalue weighted by Gasteiger charge is -1.91. The molecule has 0 radical (unpaired) electrons. The van der Waals surface area contributed by atoms with Crippen LogP contribution in [0.15, 0.2) is 29.3 Å². The van der Waals surface area contributed by atoms with Crippen molar-refractivity contribution in [3.8, 4) is 6.07 Å². The fraction of sp³-hybridized carbons (Fsp3) is 0. The SMILES string of the molecule is N#Cc1cccc(N=c2ssnc2Cl)c1. The van der Waals surface area contributed by atoms with Crippen LogP contribution in [0.25, 0.3) is 0 Å². The lowest BCUT2D eigenvalue weighted by molar-refractivity contribution is 1.36. The predicted octanol–water partition coefficient (Wildman–Crippen LogP) is 2.96. The van der Waals surface area contributed by atoms with E-state index in [0.29, 0.717) is 21.1 Å². The molecule has 0 aliphatic carbocycles. The Hall–Kier alpha value is -1.22. The molecule has 2 aromatic rings. The Bertz CT molecular complexity index is 579. The Labute approximate surface area is 98.5 Å². The van der Waals surface area contributed by atoms with E-state index in [9.17, 15) is 0 Å². The van der Waals surface area contributed by atoms with Crippen LogP contribution in [0.4, 0.5) is 5.69 Å². The zero-order valence-electron chi connectivity index (χ0n) is 7.35. The second kappa shape index (κ2) is 4.53. The highest BCUT2D eigenvalue weighted by Gasteiger charge is 1.97. The van der Waals surface area contributed by atoms with Gasteiger partial charge in [-0.2, -0.15) is 9.64 Å². The largest absolute Gasteiger partial charge is 0.234 e. The maximum absolute atomic E-state index is 8.72. The summed E-state index contributed by atoms with van der Waals surface area (Å²) >= 11 is 5.81. The zero-order valence-corrected chi connectivity index (χ0v) is 9.73. The summed E-state index contributed by atoms with van der Waals surface area (Å²) in [6.07, 6.45) is 0. The normalized spacial score (nSPS) is 11.3. The van der Waals surface area contributed by atoms with Crippen molar-refractivity contribution in [3.63, 3.8) is 0 Å². The van der Waals surface area contributed by atoms with Crippen molar-refractivity contribution in [2.75, 3.05) is 0 Å². The van der Waals surface area contributed by atoms with Crippen molar-refractivity contribution >= 4 is 38.2 Å². The van der Waals surface area contributed by atoms with Crippen LogP contribution in [-0.2, 0) is 0 Å². The van der Waals surface area contributed by atoms with E-state index in [-0.39, 0.29) is 0 Å². The van der Waals surface area contributed by atoms with Gasteiger partial charge in [0.2, 0.25) is 0 Å². The van der Waals surface area contributed by atoms with Crippen LogP contribution in [-0.4, -0.2) is 4.37 Å². The van der Waals surface area contributed by atoms with Crippen LogP contribution in [0.3, 0.4) is 0 Å². The number of nitrogens with zero attached hydrogens (tertiary/aromatic N) is 3. The molecular formula is C9H4ClN3S2. The molecular weight excluding hydrogens is 250 g/mol. The number of rotatable bonds is 1. The molecule has 0 unspecified atom stereocenters. The second-order valence-electron chi connectivity index (χ2n) is 2.62. The molecule has 0 saturated carbocycles. The van der Waals surface area contributed by atoms with E-state index in [2.05, 4.69) is 15.4 Å². The second-order valence-corrected chi connectivity index (χ2v) is 4.81. The molecule has 1 heterocycles. The van der Waals surface area contributed by atoms with Gasteiger partial charge in [0.05, 0.1) is 17.3 Å². The van der Waals surface area contributed by atoms with Gasteiger partial charge >= 0.3 is 0 Å². The van der Waals surface area contributed by atoms with Gasteiger partial charge in [-0.3, -0.25) is 0 Å². The van der Waals surface area contributed by atoms with E-state index in [4.69, 9.17) is 16.9 Å². The molecule has 0 saturated heterocycles. The van der Waals surface area contributed by atoms with Crippen molar-refractivity contribution in [3.05, 3.63) is 39.7 Å². The monoisotopic (exact) mass is 253 g/mol. The van der Waals surface area contributed by atoms with E-state index in [1.807, 2.05) is 6.07 Å². The van der Waals surface area contributed by atoms with Crippen LogP contribution >= 0.6 is 32.5 Å². The highest BCUT2D eigenvalue weighted by Crippen LogP contribution is 2.14. The highest BCUT2D eigenvalue weighted by atomic mass is 35.5. The third kappa shape index (κ3) is 2.42. The van der Waals surface area contributed by atoms with Gasteiger partial charge < -0.3 is 0 Å². The van der Waals surface area contributed by atoms with E-state index >= 15 is 0 Å². The first-order chi connectivity index (χ1) is 7.29. The summed E-state index contributed by atoms with van der Waals surface area (Å²) in [5.41, 5.74) is 1.30. The van der Waals surface area contributed by atoms with E-state index in [1.54, 1.807) is 18.2 Å². The lowest BCUT2D eigenvalue weighted by atomic mass is 10.2. The van der Waals surface area contributed by atoms with Crippen LogP contribution in [0.5, 0.6) is 0 Å². The third-order valence-corrected chi connectivity index (χ3v) is 3.79. The van der Waals surface area contributed by atoms with Crippen LogP contribution in [0.2, 0.25) is 5.15 Å². The summed E-state index contributed by atoms with van der Waals surface area (Å²) in [6, 6.07) is 9.11. The third-order valence-electron chi connectivity index (χ3n) is 1.62. The molecule has 0 bridgehead atoms. The average molecular weight is 254 g/mol. The smallest absolute Gasteiger partial charge is 0.179 e. The number of benzene rings is 1. The van der Waals surface area contributed by atoms with Crippen molar-refractivity contribution in [1.82, 2.24) is 4.37 Å². The molecule has 1 aromatic carbocycles. The summed E-state index contributed by atoms with van der Waals surface area (Å²) in [4.78, 5) is 4.29. The molecule has 0 amide bonds. The summed E-state index contributed by atoms with van der Waals surface area (Å²) in [5, 5.41) is 9.13. The minimum atomic E-state index is 0.410. The molecule has 0 fully saturated rings. The van der Waals surface area contributed by atoms with Crippen LogP contribution in [0, 0.1) is 11.3 Å². The average Bonchev–Trinajstić information content (AvgIpc) is 2.65. The molecule has 0 spiro atoms. The molecule has 0 atom stereocenters. The maximum atomic E-state index is 8.72.